The summed E-state index contributed by atoms with van der Waals surface area (Å²) in [6.07, 6.45) is 3.31. The van der Waals surface area contributed by atoms with Crippen LogP contribution in [-0.4, -0.2) is 21.3 Å². The molecule has 0 bridgehead atoms. The molecule has 1 N–H and O–H groups in total. The van der Waals surface area contributed by atoms with E-state index in [2.05, 4.69) is 22.5 Å². The zero-order chi connectivity index (χ0) is 11.4. The molecule has 0 saturated carbocycles. The standard InChI is InChI=1S/C13H18N2O/c1-2-3-8-13-14-11-6-4-5-7-12(11)15(13)9-10-16/h4-7,16H,2-3,8-10H2,1H3. The number of hydrogen-bond acceptors (Lipinski definition) is 2. The minimum Gasteiger partial charge on any atom is -0.395 e. The Morgan fingerprint density at radius 1 is 1.31 bits per heavy atom. The Labute approximate surface area is 95.7 Å². The molecular weight excluding hydrogens is 200 g/mol. The van der Waals surface area contributed by atoms with Gasteiger partial charge in [-0.3, -0.25) is 0 Å². The summed E-state index contributed by atoms with van der Waals surface area (Å²) >= 11 is 0. The number of para-hydroxylation sites is 2. The summed E-state index contributed by atoms with van der Waals surface area (Å²) in [5, 5.41) is 9.10. The molecule has 0 unspecified atom stereocenters. The summed E-state index contributed by atoms with van der Waals surface area (Å²) < 4.78 is 2.13. The van der Waals surface area contributed by atoms with Crippen LogP contribution in [0.15, 0.2) is 24.3 Å². The highest BCUT2D eigenvalue weighted by Gasteiger charge is 2.08. The van der Waals surface area contributed by atoms with E-state index in [1.807, 2.05) is 18.2 Å². The molecule has 1 heterocycles. The summed E-state index contributed by atoms with van der Waals surface area (Å²) in [7, 11) is 0. The van der Waals surface area contributed by atoms with Gasteiger partial charge in [-0.2, -0.15) is 0 Å². The normalized spacial score (nSPS) is 11.1. The third kappa shape index (κ3) is 2.09. The van der Waals surface area contributed by atoms with Gasteiger partial charge in [0.2, 0.25) is 0 Å². The van der Waals surface area contributed by atoms with Crippen LogP contribution in [0, 0.1) is 0 Å². The highest BCUT2D eigenvalue weighted by atomic mass is 16.3. The molecule has 86 valence electrons. The van der Waals surface area contributed by atoms with E-state index in [1.165, 1.54) is 6.42 Å². The van der Waals surface area contributed by atoms with Gasteiger partial charge < -0.3 is 9.67 Å². The van der Waals surface area contributed by atoms with Crippen LogP contribution in [-0.2, 0) is 13.0 Å². The summed E-state index contributed by atoms with van der Waals surface area (Å²) in [5.74, 6) is 1.09. The number of hydrogen-bond donors (Lipinski definition) is 1. The Morgan fingerprint density at radius 2 is 2.12 bits per heavy atom. The van der Waals surface area contributed by atoms with Crippen LogP contribution in [0.2, 0.25) is 0 Å². The lowest BCUT2D eigenvalue weighted by Crippen LogP contribution is -2.06. The zero-order valence-corrected chi connectivity index (χ0v) is 9.69. The number of aromatic nitrogens is 2. The maximum Gasteiger partial charge on any atom is 0.109 e. The molecule has 0 amide bonds. The lowest BCUT2D eigenvalue weighted by Gasteiger charge is -2.06. The van der Waals surface area contributed by atoms with Gasteiger partial charge in [-0.1, -0.05) is 25.5 Å². The van der Waals surface area contributed by atoms with Gasteiger partial charge in [-0.15, -0.1) is 0 Å². The van der Waals surface area contributed by atoms with E-state index < -0.39 is 0 Å². The van der Waals surface area contributed by atoms with Gasteiger partial charge in [0.05, 0.1) is 17.6 Å². The minimum absolute atomic E-state index is 0.166. The number of aliphatic hydroxyl groups excluding tert-OH is 1. The van der Waals surface area contributed by atoms with E-state index in [1.54, 1.807) is 0 Å². The van der Waals surface area contributed by atoms with Gasteiger partial charge in [-0.05, 0) is 18.6 Å². The largest absolute Gasteiger partial charge is 0.395 e. The number of aliphatic hydroxyl groups is 1. The third-order valence-electron chi connectivity index (χ3n) is 2.81. The predicted molar refractivity (Wildman–Crippen MR) is 65.4 cm³/mol. The predicted octanol–water partition coefficient (Wildman–Crippen LogP) is 2.37. The molecule has 0 radical (unpaired) electrons. The molecule has 1 aromatic carbocycles. The van der Waals surface area contributed by atoms with Crippen LogP contribution in [0.5, 0.6) is 0 Å². The topological polar surface area (TPSA) is 38.0 Å². The van der Waals surface area contributed by atoms with Crippen LogP contribution in [0.25, 0.3) is 11.0 Å². The van der Waals surface area contributed by atoms with Gasteiger partial charge >= 0.3 is 0 Å². The molecule has 0 fully saturated rings. The van der Waals surface area contributed by atoms with Crippen molar-refractivity contribution < 1.29 is 5.11 Å². The number of aryl methyl sites for hydroxylation is 1. The van der Waals surface area contributed by atoms with Gasteiger partial charge in [0.15, 0.2) is 0 Å². The summed E-state index contributed by atoms with van der Waals surface area (Å²) in [6.45, 7) is 2.98. The Balaban J connectivity index is 2.41. The lowest BCUT2D eigenvalue weighted by molar-refractivity contribution is 0.276. The Bertz CT molecular complexity index is 462. The summed E-state index contributed by atoms with van der Waals surface area (Å²) in [4.78, 5) is 4.62. The minimum atomic E-state index is 0.166. The third-order valence-corrected chi connectivity index (χ3v) is 2.81. The number of unbranched alkanes of at least 4 members (excludes halogenated alkanes) is 1. The van der Waals surface area contributed by atoms with Gasteiger partial charge in [0.1, 0.15) is 5.82 Å². The van der Waals surface area contributed by atoms with Crippen molar-refractivity contribution >= 4 is 11.0 Å². The van der Waals surface area contributed by atoms with E-state index in [4.69, 9.17) is 5.11 Å². The SMILES string of the molecule is CCCCc1nc2ccccc2n1CCO. The van der Waals surface area contributed by atoms with E-state index in [0.29, 0.717) is 6.54 Å². The molecule has 0 aliphatic carbocycles. The number of rotatable bonds is 5. The Kier molecular flexibility index (Phi) is 3.57. The first-order valence-corrected chi connectivity index (χ1v) is 5.91. The lowest BCUT2D eigenvalue weighted by atomic mass is 10.2. The molecule has 1 aromatic heterocycles. The van der Waals surface area contributed by atoms with Crippen molar-refractivity contribution in [3.8, 4) is 0 Å². The highest BCUT2D eigenvalue weighted by Crippen LogP contribution is 2.17. The van der Waals surface area contributed by atoms with Crippen molar-refractivity contribution in [1.82, 2.24) is 9.55 Å². The van der Waals surface area contributed by atoms with Gasteiger partial charge in [-0.25, -0.2) is 4.98 Å². The second-order valence-electron chi connectivity index (χ2n) is 4.00. The van der Waals surface area contributed by atoms with Crippen molar-refractivity contribution in [2.45, 2.75) is 32.7 Å². The number of benzene rings is 1. The first-order valence-electron chi connectivity index (χ1n) is 5.91. The van der Waals surface area contributed by atoms with Crippen LogP contribution >= 0.6 is 0 Å². The zero-order valence-electron chi connectivity index (χ0n) is 9.69. The fourth-order valence-electron chi connectivity index (χ4n) is 2.00. The van der Waals surface area contributed by atoms with Crippen molar-refractivity contribution in [2.24, 2.45) is 0 Å². The van der Waals surface area contributed by atoms with Crippen molar-refractivity contribution in [2.75, 3.05) is 6.61 Å². The second-order valence-corrected chi connectivity index (χ2v) is 4.00. The van der Waals surface area contributed by atoms with E-state index in [-0.39, 0.29) is 6.61 Å². The van der Waals surface area contributed by atoms with Crippen molar-refractivity contribution in [3.63, 3.8) is 0 Å². The fraction of sp³-hybridized carbons (Fsp3) is 0.462. The number of fused-ring (bicyclic) bond motifs is 1. The molecule has 3 nitrogen and oxygen atoms in total. The molecule has 3 heteroatoms. The highest BCUT2D eigenvalue weighted by molar-refractivity contribution is 5.75. The molecule has 2 aromatic rings. The number of nitrogens with zero attached hydrogens (tertiary/aromatic N) is 2. The first-order chi connectivity index (χ1) is 7.86. The average Bonchev–Trinajstić information content (AvgIpc) is 2.66. The van der Waals surface area contributed by atoms with E-state index >= 15 is 0 Å². The smallest absolute Gasteiger partial charge is 0.109 e. The molecule has 0 spiro atoms. The maximum absolute atomic E-state index is 9.10. The molecule has 0 aliphatic rings. The monoisotopic (exact) mass is 218 g/mol. The molecule has 2 rings (SSSR count). The number of imidazole rings is 1. The fourth-order valence-corrected chi connectivity index (χ4v) is 2.00. The van der Waals surface area contributed by atoms with Gasteiger partial charge in [0, 0.05) is 13.0 Å². The molecule has 0 atom stereocenters. The Morgan fingerprint density at radius 3 is 2.88 bits per heavy atom. The maximum atomic E-state index is 9.10. The molecular formula is C13H18N2O. The quantitative estimate of drug-likeness (QED) is 0.836. The van der Waals surface area contributed by atoms with Gasteiger partial charge in [0.25, 0.3) is 0 Å². The van der Waals surface area contributed by atoms with E-state index in [0.717, 1.165) is 29.7 Å². The first kappa shape index (κ1) is 11.1. The molecule has 16 heavy (non-hydrogen) atoms. The molecule has 0 saturated heterocycles. The summed E-state index contributed by atoms with van der Waals surface area (Å²) in [5.41, 5.74) is 2.16. The van der Waals surface area contributed by atoms with E-state index in [9.17, 15) is 0 Å². The average molecular weight is 218 g/mol. The summed E-state index contributed by atoms with van der Waals surface area (Å²) in [6, 6.07) is 8.11. The van der Waals surface area contributed by atoms with Crippen LogP contribution in [0.4, 0.5) is 0 Å². The van der Waals surface area contributed by atoms with Crippen LogP contribution < -0.4 is 0 Å². The van der Waals surface area contributed by atoms with Crippen molar-refractivity contribution in [1.29, 1.82) is 0 Å². The van der Waals surface area contributed by atoms with Crippen LogP contribution in [0.1, 0.15) is 25.6 Å². The Hall–Kier alpha value is -1.35. The second kappa shape index (κ2) is 5.12. The van der Waals surface area contributed by atoms with Crippen molar-refractivity contribution in [3.05, 3.63) is 30.1 Å². The van der Waals surface area contributed by atoms with Crippen LogP contribution in [0.3, 0.4) is 0 Å². The molecule has 0 aliphatic heterocycles.